The average molecular weight is 329 g/mol. The maximum atomic E-state index is 12.6. The van der Waals surface area contributed by atoms with E-state index >= 15 is 0 Å². The molecule has 0 fully saturated rings. The van der Waals surface area contributed by atoms with Crippen molar-refractivity contribution in [3.05, 3.63) is 47.0 Å². The first-order chi connectivity index (χ1) is 11.4. The van der Waals surface area contributed by atoms with E-state index in [1.54, 1.807) is 0 Å². The highest BCUT2D eigenvalue weighted by atomic mass is 16.4. The number of carboxylic acid groups (broad SMARTS) is 1. The first-order valence-electron chi connectivity index (χ1n) is 8.60. The molecule has 3 atom stereocenters. The monoisotopic (exact) mass is 329 g/mol. The van der Waals surface area contributed by atoms with Gasteiger partial charge in [-0.05, 0) is 52.0 Å². The molecule has 0 aliphatic heterocycles. The lowest BCUT2D eigenvalue weighted by molar-refractivity contribution is -0.147. The van der Waals surface area contributed by atoms with E-state index in [-0.39, 0.29) is 11.9 Å². The SMILES string of the molecule is CC1=C(C)C[C@@H](C(=O)N[C@H](C)CCc2ccccc2)[C@@H](C(=O)O)C1. The molecule has 0 radical (unpaired) electrons. The number of carbonyl (C=O) groups excluding carboxylic acids is 1. The number of amides is 1. The van der Waals surface area contributed by atoms with Crippen molar-refractivity contribution in [1.82, 2.24) is 5.32 Å². The van der Waals surface area contributed by atoms with Crippen molar-refractivity contribution < 1.29 is 14.7 Å². The molecule has 1 aliphatic rings. The third-order valence-corrected chi connectivity index (χ3v) is 5.02. The van der Waals surface area contributed by atoms with Crippen LogP contribution in [0.15, 0.2) is 41.5 Å². The standard InChI is InChI=1S/C20H27NO3/c1-13-11-17(18(20(23)24)12-14(13)2)19(22)21-15(3)9-10-16-7-5-4-6-8-16/h4-8,15,17-18H,9-12H2,1-3H3,(H,21,22)(H,23,24)/t15-,17-,18+/m1/s1. The van der Waals surface area contributed by atoms with Crippen LogP contribution in [0.1, 0.15) is 45.6 Å². The van der Waals surface area contributed by atoms with Crippen LogP contribution in [0, 0.1) is 11.8 Å². The molecule has 1 aromatic carbocycles. The van der Waals surface area contributed by atoms with Gasteiger partial charge in [-0.25, -0.2) is 0 Å². The Balaban J connectivity index is 1.93. The van der Waals surface area contributed by atoms with Crippen LogP contribution in [-0.2, 0) is 16.0 Å². The fourth-order valence-electron chi connectivity index (χ4n) is 3.28. The minimum atomic E-state index is -0.876. The molecule has 130 valence electrons. The molecule has 1 aliphatic carbocycles. The lowest BCUT2D eigenvalue weighted by Gasteiger charge is -2.30. The molecule has 1 aromatic rings. The van der Waals surface area contributed by atoms with Crippen LogP contribution in [0.25, 0.3) is 0 Å². The quantitative estimate of drug-likeness (QED) is 0.784. The van der Waals surface area contributed by atoms with Crippen molar-refractivity contribution in [3.63, 3.8) is 0 Å². The number of aryl methyl sites for hydroxylation is 1. The maximum absolute atomic E-state index is 12.6. The average Bonchev–Trinajstić information content (AvgIpc) is 2.55. The second kappa shape index (κ2) is 8.13. The highest BCUT2D eigenvalue weighted by Gasteiger charge is 2.37. The predicted molar refractivity (Wildman–Crippen MR) is 94.6 cm³/mol. The second-order valence-corrected chi connectivity index (χ2v) is 6.95. The fraction of sp³-hybridized carbons (Fsp3) is 0.500. The number of nitrogens with one attached hydrogen (secondary N) is 1. The van der Waals surface area contributed by atoms with Crippen molar-refractivity contribution in [1.29, 1.82) is 0 Å². The lowest BCUT2D eigenvalue weighted by Crippen LogP contribution is -2.43. The minimum absolute atomic E-state index is 0.0273. The Morgan fingerprint density at radius 2 is 1.71 bits per heavy atom. The van der Waals surface area contributed by atoms with E-state index < -0.39 is 17.8 Å². The zero-order valence-corrected chi connectivity index (χ0v) is 14.7. The molecule has 0 aromatic heterocycles. The summed E-state index contributed by atoms with van der Waals surface area (Å²) in [5, 5.41) is 12.5. The fourth-order valence-corrected chi connectivity index (χ4v) is 3.28. The highest BCUT2D eigenvalue weighted by molar-refractivity contribution is 5.85. The van der Waals surface area contributed by atoms with Gasteiger partial charge in [0.2, 0.25) is 5.91 Å². The van der Waals surface area contributed by atoms with Crippen LogP contribution in [0.3, 0.4) is 0 Å². The van der Waals surface area contributed by atoms with E-state index in [0.717, 1.165) is 24.0 Å². The number of hydrogen-bond acceptors (Lipinski definition) is 2. The third-order valence-electron chi connectivity index (χ3n) is 5.02. The van der Waals surface area contributed by atoms with Crippen LogP contribution in [0.5, 0.6) is 0 Å². The molecule has 0 bridgehead atoms. The van der Waals surface area contributed by atoms with Crippen LogP contribution >= 0.6 is 0 Å². The summed E-state index contributed by atoms with van der Waals surface area (Å²) in [6, 6.07) is 10.2. The van der Waals surface area contributed by atoms with Gasteiger partial charge in [0.25, 0.3) is 0 Å². The van der Waals surface area contributed by atoms with E-state index in [1.807, 2.05) is 39.0 Å². The van der Waals surface area contributed by atoms with Gasteiger partial charge in [-0.1, -0.05) is 41.5 Å². The smallest absolute Gasteiger partial charge is 0.307 e. The molecule has 0 saturated carbocycles. The van der Waals surface area contributed by atoms with Gasteiger partial charge < -0.3 is 10.4 Å². The zero-order valence-electron chi connectivity index (χ0n) is 14.7. The summed E-state index contributed by atoms with van der Waals surface area (Å²) in [7, 11) is 0. The van der Waals surface area contributed by atoms with Crippen molar-refractivity contribution >= 4 is 11.9 Å². The molecule has 2 N–H and O–H groups in total. The number of rotatable bonds is 6. The molecular weight excluding hydrogens is 302 g/mol. The Labute approximate surface area is 144 Å². The molecule has 1 amide bonds. The van der Waals surface area contributed by atoms with Gasteiger partial charge in [0.05, 0.1) is 11.8 Å². The van der Waals surface area contributed by atoms with Gasteiger partial charge in [-0.2, -0.15) is 0 Å². The molecule has 0 saturated heterocycles. The van der Waals surface area contributed by atoms with Crippen LogP contribution < -0.4 is 5.32 Å². The largest absolute Gasteiger partial charge is 0.481 e. The van der Waals surface area contributed by atoms with Gasteiger partial charge in [0.15, 0.2) is 0 Å². The van der Waals surface area contributed by atoms with Crippen LogP contribution in [-0.4, -0.2) is 23.0 Å². The predicted octanol–water partition coefficient (Wildman–Crippen LogP) is 3.57. The Morgan fingerprint density at radius 3 is 2.29 bits per heavy atom. The molecule has 0 spiro atoms. The highest BCUT2D eigenvalue weighted by Crippen LogP contribution is 2.34. The molecule has 4 heteroatoms. The summed E-state index contributed by atoms with van der Waals surface area (Å²) < 4.78 is 0. The molecule has 4 nitrogen and oxygen atoms in total. The molecule has 2 rings (SSSR count). The molecule has 24 heavy (non-hydrogen) atoms. The second-order valence-electron chi connectivity index (χ2n) is 6.95. The van der Waals surface area contributed by atoms with Crippen LogP contribution in [0.2, 0.25) is 0 Å². The van der Waals surface area contributed by atoms with Crippen molar-refractivity contribution in [2.24, 2.45) is 11.8 Å². The van der Waals surface area contributed by atoms with Gasteiger partial charge >= 0.3 is 5.97 Å². The van der Waals surface area contributed by atoms with Crippen molar-refractivity contribution in [2.45, 2.75) is 52.5 Å². The normalized spacial score (nSPS) is 22.1. The summed E-state index contributed by atoms with van der Waals surface area (Å²) in [5.41, 5.74) is 3.49. The first kappa shape index (κ1) is 18.2. The first-order valence-corrected chi connectivity index (χ1v) is 8.60. The number of aliphatic carboxylic acids is 1. The van der Waals surface area contributed by atoms with E-state index in [4.69, 9.17) is 0 Å². The van der Waals surface area contributed by atoms with Gasteiger partial charge in [-0.15, -0.1) is 0 Å². The Bertz CT molecular complexity index is 621. The lowest BCUT2D eigenvalue weighted by atomic mass is 9.76. The third kappa shape index (κ3) is 4.70. The van der Waals surface area contributed by atoms with Crippen molar-refractivity contribution in [3.8, 4) is 0 Å². The summed E-state index contributed by atoms with van der Waals surface area (Å²) in [6.45, 7) is 5.93. The maximum Gasteiger partial charge on any atom is 0.307 e. The Morgan fingerprint density at radius 1 is 1.12 bits per heavy atom. The number of hydrogen-bond donors (Lipinski definition) is 2. The number of allylic oxidation sites excluding steroid dienone is 2. The van der Waals surface area contributed by atoms with E-state index in [9.17, 15) is 14.7 Å². The topological polar surface area (TPSA) is 66.4 Å². The Kier molecular flexibility index (Phi) is 6.18. The van der Waals surface area contributed by atoms with Gasteiger partial charge in [0, 0.05) is 6.04 Å². The van der Waals surface area contributed by atoms with Gasteiger partial charge in [-0.3, -0.25) is 9.59 Å². The number of carbonyl (C=O) groups is 2. The summed E-state index contributed by atoms with van der Waals surface area (Å²) >= 11 is 0. The zero-order chi connectivity index (χ0) is 17.7. The summed E-state index contributed by atoms with van der Waals surface area (Å²) in [4.78, 5) is 24.1. The van der Waals surface area contributed by atoms with Crippen molar-refractivity contribution in [2.75, 3.05) is 0 Å². The minimum Gasteiger partial charge on any atom is -0.481 e. The molecule has 0 unspecified atom stereocenters. The molecule has 0 heterocycles. The van der Waals surface area contributed by atoms with E-state index in [2.05, 4.69) is 17.4 Å². The van der Waals surface area contributed by atoms with Crippen LogP contribution in [0.4, 0.5) is 0 Å². The summed E-state index contributed by atoms with van der Waals surface area (Å²) in [5.74, 6) is -2.09. The number of benzene rings is 1. The number of carboxylic acids is 1. The van der Waals surface area contributed by atoms with Gasteiger partial charge in [0.1, 0.15) is 0 Å². The molecular formula is C20H27NO3. The Hall–Kier alpha value is -2.10. The summed E-state index contributed by atoms with van der Waals surface area (Å²) in [6.07, 6.45) is 2.75. The van der Waals surface area contributed by atoms with E-state index in [1.165, 1.54) is 5.56 Å². The van der Waals surface area contributed by atoms with E-state index in [0.29, 0.717) is 12.8 Å².